The maximum absolute atomic E-state index is 9.90. The molecule has 2 aromatic heterocycles. The quantitative estimate of drug-likeness (QED) is 0.724. The van der Waals surface area contributed by atoms with Crippen molar-refractivity contribution in [2.45, 2.75) is 19.8 Å². The summed E-state index contributed by atoms with van der Waals surface area (Å²) in [6.07, 6.45) is 5.77. The third-order valence-corrected chi connectivity index (χ3v) is 3.58. The van der Waals surface area contributed by atoms with Crippen LogP contribution < -0.4 is 10.1 Å². The zero-order valence-corrected chi connectivity index (χ0v) is 13.7. The number of methoxy groups -OCH3 is 1. The highest BCUT2D eigenvalue weighted by atomic mass is 16.5. The lowest BCUT2D eigenvalue weighted by atomic mass is 10.2. The van der Waals surface area contributed by atoms with Gasteiger partial charge < -0.3 is 19.7 Å². The first kappa shape index (κ1) is 15.9. The molecule has 0 atom stereocenters. The summed E-state index contributed by atoms with van der Waals surface area (Å²) in [5.41, 5.74) is 1.66. The van der Waals surface area contributed by atoms with Gasteiger partial charge in [0.2, 0.25) is 5.95 Å². The fraction of sp³-hybridized carbons (Fsp3) is 0.222. The molecule has 0 aliphatic heterocycles. The molecule has 0 fully saturated rings. The summed E-state index contributed by atoms with van der Waals surface area (Å²) in [6.45, 7) is 2.12. The van der Waals surface area contributed by atoms with Crippen molar-refractivity contribution in [1.82, 2.24) is 14.5 Å². The van der Waals surface area contributed by atoms with E-state index < -0.39 is 0 Å². The monoisotopic (exact) mass is 324 g/mol. The van der Waals surface area contributed by atoms with E-state index in [1.165, 1.54) is 7.11 Å². The smallest absolute Gasteiger partial charge is 0.229 e. The van der Waals surface area contributed by atoms with E-state index in [0.717, 1.165) is 24.4 Å². The Balaban J connectivity index is 1.93. The van der Waals surface area contributed by atoms with Crippen LogP contribution in [0.2, 0.25) is 0 Å². The van der Waals surface area contributed by atoms with Crippen LogP contribution in [-0.2, 0) is 6.42 Å². The zero-order chi connectivity index (χ0) is 16.9. The average molecular weight is 324 g/mol. The van der Waals surface area contributed by atoms with Crippen LogP contribution in [0.5, 0.6) is 11.5 Å². The Kier molecular flexibility index (Phi) is 4.65. The molecule has 24 heavy (non-hydrogen) atoms. The van der Waals surface area contributed by atoms with Crippen molar-refractivity contribution in [2.24, 2.45) is 0 Å². The van der Waals surface area contributed by atoms with E-state index >= 15 is 0 Å². The van der Waals surface area contributed by atoms with Gasteiger partial charge in [0, 0.05) is 35.9 Å². The average Bonchev–Trinajstić information content (AvgIpc) is 3.10. The molecule has 6 nitrogen and oxygen atoms in total. The number of phenols is 1. The molecular formula is C18H20N4O2. The minimum Gasteiger partial charge on any atom is -0.504 e. The number of ether oxygens (including phenoxy) is 1. The second-order valence-electron chi connectivity index (χ2n) is 5.39. The number of hydrogen-bond donors (Lipinski definition) is 2. The van der Waals surface area contributed by atoms with E-state index in [0.29, 0.717) is 17.4 Å². The van der Waals surface area contributed by atoms with Crippen LogP contribution in [0.1, 0.15) is 19.0 Å². The van der Waals surface area contributed by atoms with Crippen LogP contribution in [0.15, 0.2) is 48.8 Å². The Labute approximate surface area is 140 Å². The number of aryl methyl sites for hydroxylation is 1. The molecule has 124 valence electrons. The molecule has 0 unspecified atom stereocenters. The number of aromatic nitrogens is 3. The first-order valence-electron chi connectivity index (χ1n) is 7.85. The van der Waals surface area contributed by atoms with Crippen molar-refractivity contribution >= 4 is 11.6 Å². The Morgan fingerprint density at radius 3 is 2.62 bits per heavy atom. The maximum Gasteiger partial charge on any atom is 0.229 e. The topological polar surface area (TPSA) is 72.2 Å². The van der Waals surface area contributed by atoms with E-state index in [1.54, 1.807) is 12.1 Å². The van der Waals surface area contributed by atoms with Crippen molar-refractivity contribution in [3.8, 4) is 17.3 Å². The summed E-state index contributed by atoms with van der Waals surface area (Å²) in [4.78, 5) is 9.11. The van der Waals surface area contributed by atoms with E-state index in [1.807, 2.05) is 41.2 Å². The Morgan fingerprint density at radius 2 is 1.96 bits per heavy atom. The molecule has 0 spiro atoms. The Morgan fingerprint density at radius 1 is 1.17 bits per heavy atom. The van der Waals surface area contributed by atoms with Crippen molar-refractivity contribution in [2.75, 3.05) is 12.4 Å². The van der Waals surface area contributed by atoms with Crippen molar-refractivity contribution in [3.05, 3.63) is 54.5 Å². The number of nitrogens with one attached hydrogen (secondary N) is 1. The molecule has 0 aliphatic rings. The van der Waals surface area contributed by atoms with E-state index in [2.05, 4.69) is 22.2 Å². The molecule has 3 rings (SSSR count). The number of hydrogen-bond acceptors (Lipinski definition) is 5. The number of phenolic OH excluding ortho intramolecular Hbond substituents is 1. The van der Waals surface area contributed by atoms with Crippen LogP contribution in [0.3, 0.4) is 0 Å². The van der Waals surface area contributed by atoms with Gasteiger partial charge in [-0.2, -0.15) is 4.98 Å². The number of benzene rings is 1. The lowest BCUT2D eigenvalue weighted by Gasteiger charge is -2.11. The summed E-state index contributed by atoms with van der Waals surface area (Å²) in [6, 6.07) is 11.0. The summed E-state index contributed by atoms with van der Waals surface area (Å²) in [5, 5.41) is 13.0. The molecule has 0 saturated carbocycles. The molecule has 0 saturated heterocycles. The van der Waals surface area contributed by atoms with E-state index in [-0.39, 0.29) is 5.75 Å². The fourth-order valence-electron chi connectivity index (χ4n) is 2.44. The number of rotatable bonds is 6. The number of aromatic hydroxyl groups is 1. The molecular weight excluding hydrogens is 304 g/mol. The molecule has 1 aromatic carbocycles. The zero-order valence-electron chi connectivity index (χ0n) is 13.7. The van der Waals surface area contributed by atoms with E-state index in [4.69, 9.17) is 4.74 Å². The first-order chi connectivity index (χ1) is 11.7. The summed E-state index contributed by atoms with van der Waals surface area (Å²) < 4.78 is 7.00. The summed E-state index contributed by atoms with van der Waals surface area (Å²) in [7, 11) is 1.52. The van der Waals surface area contributed by atoms with Gasteiger partial charge in [0.15, 0.2) is 11.5 Å². The van der Waals surface area contributed by atoms with Gasteiger partial charge in [-0.1, -0.05) is 13.3 Å². The third kappa shape index (κ3) is 3.48. The maximum atomic E-state index is 9.90. The number of anilines is 2. The minimum absolute atomic E-state index is 0.0674. The molecule has 6 heteroatoms. The van der Waals surface area contributed by atoms with Crippen LogP contribution in [-0.4, -0.2) is 26.8 Å². The van der Waals surface area contributed by atoms with Gasteiger partial charge in [0.05, 0.1) is 7.11 Å². The van der Waals surface area contributed by atoms with Gasteiger partial charge in [0.25, 0.3) is 0 Å². The van der Waals surface area contributed by atoms with Gasteiger partial charge >= 0.3 is 0 Å². The van der Waals surface area contributed by atoms with Crippen molar-refractivity contribution in [3.63, 3.8) is 0 Å². The minimum atomic E-state index is 0.0674. The van der Waals surface area contributed by atoms with Gasteiger partial charge in [-0.15, -0.1) is 0 Å². The highest BCUT2D eigenvalue weighted by Gasteiger charge is 2.08. The summed E-state index contributed by atoms with van der Waals surface area (Å²) in [5.74, 6) is 1.79. The predicted molar refractivity (Wildman–Crippen MR) is 93.3 cm³/mol. The number of nitrogens with zero attached hydrogens (tertiary/aromatic N) is 3. The highest BCUT2D eigenvalue weighted by Crippen LogP contribution is 2.29. The Bertz CT molecular complexity index is 816. The first-order valence-corrected chi connectivity index (χ1v) is 7.85. The van der Waals surface area contributed by atoms with Gasteiger partial charge in [-0.3, -0.25) is 0 Å². The fourth-order valence-corrected chi connectivity index (χ4v) is 2.44. The molecule has 0 radical (unpaired) electrons. The van der Waals surface area contributed by atoms with E-state index in [9.17, 15) is 5.11 Å². The highest BCUT2D eigenvalue weighted by molar-refractivity contribution is 5.59. The molecule has 0 bridgehead atoms. The van der Waals surface area contributed by atoms with Crippen LogP contribution in [0.4, 0.5) is 11.6 Å². The molecule has 2 N–H and O–H groups in total. The molecule has 0 aliphatic carbocycles. The second kappa shape index (κ2) is 7.04. The van der Waals surface area contributed by atoms with Crippen molar-refractivity contribution < 1.29 is 9.84 Å². The van der Waals surface area contributed by atoms with Crippen LogP contribution in [0.25, 0.3) is 5.82 Å². The van der Waals surface area contributed by atoms with Crippen LogP contribution in [0, 0.1) is 0 Å². The lowest BCUT2D eigenvalue weighted by Crippen LogP contribution is -2.05. The van der Waals surface area contributed by atoms with Crippen LogP contribution >= 0.6 is 0 Å². The van der Waals surface area contributed by atoms with Gasteiger partial charge in [-0.25, -0.2) is 4.98 Å². The normalized spacial score (nSPS) is 10.6. The standard InChI is InChI=1S/C18H20N4O2/c1-3-6-13-12-17(22-9-4-5-10-22)21-18(19-13)20-14-7-8-16(24-2)15(23)11-14/h4-5,7-12,23H,3,6H2,1-2H3,(H,19,20,21). The lowest BCUT2D eigenvalue weighted by molar-refractivity contribution is 0.373. The largest absolute Gasteiger partial charge is 0.504 e. The van der Waals surface area contributed by atoms with Gasteiger partial charge in [-0.05, 0) is 30.7 Å². The predicted octanol–water partition coefficient (Wildman–Crippen LogP) is 3.68. The SMILES string of the molecule is CCCc1cc(-n2cccc2)nc(Nc2ccc(OC)c(O)c2)n1. The molecule has 3 aromatic rings. The van der Waals surface area contributed by atoms with Gasteiger partial charge in [0.1, 0.15) is 5.82 Å². The molecule has 2 heterocycles. The van der Waals surface area contributed by atoms with Crippen molar-refractivity contribution in [1.29, 1.82) is 0 Å². The molecule has 0 amide bonds. The second-order valence-corrected chi connectivity index (χ2v) is 5.39. The third-order valence-electron chi connectivity index (χ3n) is 3.58. The Hall–Kier alpha value is -3.02. The summed E-state index contributed by atoms with van der Waals surface area (Å²) >= 11 is 0.